The van der Waals surface area contributed by atoms with Crippen LogP contribution in [0.3, 0.4) is 0 Å². The Balaban J connectivity index is 1.72. The van der Waals surface area contributed by atoms with E-state index in [1.165, 1.54) is 12.2 Å². The van der Waals surface area contributed by atoms with Crippen LogP contribution in [0.25, 0.3) is 0 Å². The topological polar surface area (TPSA) is 139 Å². The lowest BCUT2D eigenvalue weighted by molar-refractivity contribution is -0.198. The third-order valence-corrected chi connectivity index (χ3v) is 5.92. The average molecular weight is 480 g/mol. The Bertz CT molecular complexity index is 847. The van der Waals surface area contributed by atoms with Crippen LogP contribution < -0.4 is 5.32 Å². The smallest absolute Gasteiger partial charge is 0.333 e. The maximum Gasteiger partial charge on any atom is 0.333 e. The molecule has 0 aromatic carbocycles. The van der Waals surface area contributed by atoms with Gasteiger partial charge >= 0.3 is 5.97 Å². The highest BCUT2D eigenvalue weighted by Crippen LogP contribution is 2.24. The van der Waals surface area contributed by atoms with E-state index < -0.39 is 40.7 Å². The minimum atomic E-state index is -0.676. The Hall–Kier alpha value is -3.08. The zero-order valence-electron chi connectivity index (χ0n) is 20.2. The molecule has 1 saturated heterocycles. The number of hydrogen-bond acceptors (Lipinski definition) is 8. The van der Waals surface area contributed by atoms with Crippen LogP contribution in [-0.2, 0) is 38.3 Å². The molecule has 1 fully saturated rings. The summed E-state index contributed by atoms with van der Waals surface area (Å²) in [6, 6.07) is 0. The van der Waals surface area contributed by atoms with Gasteiger partial charge in [0.05, 0.1) is 12.0 Å². The van der Waals surface area contributed by atoms with Gasteiger partial charge in [0.2, 0.25) is 5.91 Å². The molecular formula is C23H33N3O8. The minimum absolute atomic E-state index is 0.000255. The molecule has 0 aliphatic carbocycles. The first-order valence-electron chi connectivity index (χ1n) is 11.4. The van der Waals surface area contributed by atoms with E-state index >= 15 is 0 Å². The number of hydrogen-bond donors (Lipinski definition) is 1. The highest BCUT2D eigenvalue weighted by Gasteiger charge is 2.34. The fourth-order valence-corrected chi connectivity index (χ4v) is 3.44. The van der Waals surface area contributed by atoms with Crippen LogP contribution in [0.5, 0.6) is 0 Å². The summed E-state index contributed by atoms with van der Waals surface area (Å²) < 4.78 is 6.02. The Morgan fingerprint density at radius 1 is 0.971 bits per heavy atom. The molecule has 0 radical (unpaired) electrons. The molecule has 1 unspecified atom stereocenters. The SMILES string of the molecule is CCC(C)(CCC(=O)ON1C(=O)CCC1=O)OCCC(C)(C)NC(=O)CCN1C(=O)C=CC1=O. The predicted octanol–water partition coefficient (Wildman–Crippen LogP) is 1.16. The van der Waals surface area contributed by atoms with Crippen LogP contribution >= 0.6 is 0 Å². The number of nitrogens with one attached hydrogen (secondary N) is 1. The fourth-order valence-electron chi connectivity index (χ4n) is 3.44. The van der Waals surface area contributed by atoms with E-state index in [-0.39, 0.29) is 38.1 Å². The van der Waals surface area contributed by atoms with E-state index in [9.17, 15) is 28.8 Å². The van der Waals surface area contributed by atoms with Gasteiger partial charge < -0.3 is 14.9 Å². The molecule has 2 heterocycles. The van der Waals surface area contributed by atoms with Crippen LogP contribution in [0.1, 0.15) is 72.6 Å². The van der Waals surface area contributed by atoms with Gasteiger partial charge in [-0.2, -0.15) is 0 Å². The van der Waals surface area contributed by atoms with Crippen LogP contribution in [-0.4, -0.2) is 69.8 Å². The summed E-state index contributed by atoms with van der Waals surface area (Å²) in [7, 11) is 0. The largest absolute Gasteiger partial charge is 0.375 e. The lowest BCUT2D eigenvalue weighted by Crippen LogP contribution is -2.46. The molecule has 34 heavy (non-hydrogen) atoms. The van der Waals surface area contributed by atoms with Gasteiger partial charge in [0.1, 0.15) is 0 Å². The summed E-state index contributed by atoms with van der Waals surface area (Å²) in [4.78, 5) is 76.5. The second kappa shape index (κ2) is 11.4. The summed E-state index contributed by atoms with van der Waals surface area (Å²) in [5.41, 5.74) is -1.24. The van der Waals surface area contributed by atoms with Crippen molar-refractivity contribution in [3.05, 3.63) is 12.2 Å². The molecule has 11 heteroatoms. The molecule has 2 aliphatic rings. The monoisotopic (exact) mass is 479 g/mol. The van der Waals surface area contributed by atoms with Crippen molar-refractivity contribution < 1.29 is 38.3 Å². The summed E-state index contributed by atoms with van der Waals surface area (Å²) in [6.07, 6.45) is 3.84. The standard InChI is InChI=1S/C23H33N3O8/c1-5-23(4,12-10-21(32)34-26-19(30)8-9-20(26)31)33-15-13-22(2,3)24-16(27)11-14-25-17(28)6-7-18(25)29/h6-7H,5,8-15H2,1-4H3,(H,24,27). The van der Waals surface area contributed by atoms with Crippen molar-refractivity contribution in [3.63, 3.8) is 0 Å². The van der Waals surface area contributed by atoms with Gasteiger partial charge in [0.25, 0.3) is 23.6 Å². The van der Waals surface area contributed by atoms with E-state index in [1.54, 1.807) is 0 Å². The molecule has 0 bridgehead atoms. The zero-order valence-corrected chi connectivity index (χ0v) is 20.2. The van der Waals surface area contributed by atoms with Crippen molar-refractivity contribution in [1.82, 2.24) is 15.3 Å². The molecule has 188 valence electrons. The summed E-state index contributed by atoms with van der Waals surface area (Å²) in [6.45, 7) is 7.78. The molecule has 11 nitrogen and oxygen atoms in total. The molecular weight excluding hydrogens is 446 g/mol. The van der Waals surface area contributed by atoms with Gasteiger partial charge in [-0.15, -0.1) is 5.06 Å². The number of carbonyl (C=O) groups is 6. The lowest BCUT2D eigenvalue weighted by Gasteiger charge is -2.32. The Kier molecular flexibility index (Phi) is 9.08. The number of ether oxygens (including phenoxy) is 1. The predicted molar refractivity (Wildman–Crippen MR) is 118 cm³/mol. The number of rotatable bonds is 13. The van der Waals surface area contributed by atoms with Gasteiger partial charge in [0, 0.05) is 50.1 Å². The number of nitrogens with zero attached hydrogens (tertiary/aromatic N) is 2. The zero-order chi connectivity index (χ0) is 25.5. The van der Waals surface area contributed by atoms with E-state index in [2.05, 4.69) is 5.32 Å². The quantitative estimate of drug-likeness (QED) is 0.388. The fraction of sp³-hybridized carbons (Fsp3) is 0.652. The number of imide groups is 2. The number of amides is 5. The van der Waals surface area contributed by atoms with E-state index in [1.807, 2.05) is 27.7 Å². The van der Waals surface area contributed by atoms with Gasteiger partial charge in [-0.3, -0.25) is 28.9 Å². The van der Waals surface area contributed by atoms with Crippen molar-refractivity contribution in [3.8, 4) is 0 Å². The molecule has 0 saturated carbocycles. The van der Waals surface area contributed by atoms with Gasteiger partial charge in [-0.1, -0.05) is 6.92 Å². The summed E-state index contributed by atoms with van der Waals surface area (Å²) in [5, 5.41) is 3.41. The third-order valence-electron chi connectivity index (χ3n) is 5.92. The van der Waals surface area contributed by atoms with Crippen molar-refractivity contribution in [2.24, 2.45) is 0 Å². The molecule has 2 rings (SSSR count). The number of carbonyl (C=O) groups excluding carboxylic acids is 6. The molecule has 5 amide bonds. The first kappa shape index (κ1) is 27.2. The minimum Gasteiger partial charge on any atom is -0.375 e. The van der Waals surface area contributed by atoms with Crippen molar-refractivity contribution in [2.45, 2.75) is 83.8 Å². The first-order valence-corrected chi connectivity index (χ1v) is 11.4. The second-order valence-electron chi connectivity index (χ2n) is 9.29. The van der Waals surface area contributed by atoms with E-state index in [0.29, 0.717) is 30.9 Å². The Labute approximate surface area is 198 Å². The van der Waals surface area contributed by atoms with Crippen molar-refractivity contribution >= 4 is 35.5 Å². The highest BCUT2D eigenvalue weighted by molar-refractivity contribution is 6.13. The van der Waals surface area contributed by atoms with Gasteiger partial charge in [-0.05, 0) is 40.0 Å². The van der Waals surface area contributed by atoms with Crippen LogP contribution in [0.15, 0.2) is 12.2 Å². The summed E-state index contributed by atoms with van der Waals surface area (Å²) in [5.74, 6) is -2.85. The van der Waals surface area contributed by atoms with E-state index in [0.717, 1.165) is 4.90 Å². The molecule has 0 aromatic rings. The second-order valence-corrected chi connectivity index (χ2v) is 9.29. The van der Waals surface area contributed by atoms with Gasteiger partial charge in [-0.25, -0.2) is 4.79 Å². The molecule has 0 spiro atoms. The van der Waals surface area contributed by atoms with Crippen LogP contribution in [0.2, 0.25) is 0 Å². The van der Waals surface area contributed by atoms with Crippen molar-refractivity contribution in [1.29, 1.82) is 0 Å². The summed E-state index contributed by atoms with van der Waals surface area (Å²) >= 11 is 0. The Morgan fingerprint density at radius 2 is 1.56 bits per heavy atom. The first-order chi connectivity index (χ1) is 15.9. The van der Waals surface area contributed by atoms with Crippen molar-refractivity contribution in [2.75, 3.05) is 13.2 Å². The Morgan fingerprint density at radius 3 is 2.12 bits per heavy atom. The average Bonchev–Trinajstić information content (AvgIpc) is 3.25. The molecule has 1 N–H and O–H groups in total. The van der Waals surface area contributed by atoms with Crippen LogP contribution in [0.4, 0.5) is 0 Å². The van der Waals surface area contributed by atoms with E-state index in [4.69, 9.17) is 9.57 Å². The molecule has 0 aromatic heterocycles. The van der Waals surface area contributed by atoms with Gasteiger partial charge in [0.15, 0.2) is 0 Å². The lowest BCUT2D eigenvalue weighted by atomic mass is 9.96. The molecule has 2 aliphatic heterocycles. The maximum atomic E-state index is 12.3. The molecule has 1 atom stereocenters. The van der Waals surface area contributed by atoms with Crippen LogP contribution in [0, 0.1) is 0 Å². The number of hydroxylamine groups is 2. The maximum absolute atomic E-state index is 12.3. The third kappa shape index (κ3) is 7.75. The highest BCUT2D eigenvalue weighted by atomic mass is 16.7. The normalized spacial score (nSPS) is 18.0.